The number of hydrogen-bond acceptors (Lipinski definition) is 5. The number of hydrogen-bond donors (Lipinski definition) is 1. The second-order valence-electron chi connectivity index (χ2n) is 4.50. The number of benzene rings is 1. The van der Waals surface area contributed by atoms with Gasteiger partial charge in [-0.05, 0) is 25.1 Å². The highest BCUT2D eigenvalue weighted by molar-refractivity contribution is 9.10. The molecular weight excluding hydrogens is 354 g/mol. The van der Waals surface area contributed by atoms with Gasteiger partial charge < -0.3 is 5.32 Å². The minimum absolute atomic E-state index is 0.0317. The van der Waals surface area contributed by atoms with E-state index in [2.05, 4.69) is 36.5 Å². The van der Waals surface area contributed by atoms with Crippen molar-refractivity contribution >= 4 is 43.8 Å². The summed E-state index contributed by atoms with van der Waals surface area (Å²) in [7, 11) is 0. The molecule has 6 nitrogen and oxygen atoms in total. The highest BCUT2D eigenvalue weighted by atomic mass is 79.9. The molecule has 0 radical (unpaired) electrons. The van der Waals surface area contributed by atoms with E-state index in [0.29, 0.717) is 12.8 Å². The molecule has 1 aromatic carbocycles. The molecule has 0 unspecified atom stereocenters. The molecule has 8 heteroatoms. The van der Waals surface area contributed by atoms with E-state index in [4.69, 9.17) is 0 Å². The van der Waals surface area contributed by atoms with Gasteiger partial charge in [-0.25, -0.2) is 0 Å². The molecule has 0 aliphatic rings. The number of carbonyl (C=O) groups is 1. The number of aryl methyl sites for hydroxylation is 2. The second-order valence-corrected chi connectivity index (χ2v) is 6.45. The molecule has 0 saturated heterocycles. The quantitative estimate of drug-likeness (QED) is 0.771. The summed E-state index contributed by atoms with van der Waals surface area (Å²) >= 11 is 4.83. The first-order chi connectivity index (χ1) is 10.1. The van der Waals surface area contributed by atoms with Gasteiger partial charge in [-0.2, -0.15) is 9.61 Å². The molecule has 2 heterocycles. The Bertz CT molecular complexity index is 797. The molecule has 0 aliphatic carbocycles. The monoisotopic (exact) mass is 365 g/mol. The molecule has 3 rings (SSSR count). The van der Waals surface area contributed by atoms with E-state index in [9.17, 15) is 4.79 Å². The Morgan fingerprint density at radius 3 is 3.05 bits per heavy atom. The predicted molar refractivity (Wildman–Crippen MR) is 84.5 cm³/mol. The molecule has 0 saturated carbocycles. The van der Waals surface area contributed by atoms with Gasteiger partial charge in [-0.3, -0.25) is 4.79 Å². The van der Waals surface area contributed by atoms with Gasteiger partial charge in [0.2, 0.25) is 10.9 Å². The Labute approximate surface area is 133 Å². The van der Waals surface area contributed by atoms with Gasteiger partial charge >= 0.3 is 0 Å². The van der Waals surface area contributed by atoms with Crippen LogP contribution >= 0.6 is 27.3 Å². The molecule has 0 atom stereocenters. The van der Waals surface area contributed by atoms with Crippen molar-refractivity contribution < 1.29 is 4.79 Å². The van der Waals surface area contributed by atoms with Crippen LogP contribution in [0.25, 0.3) is 4.96 Å². The molecular formula is C13H12BrN5OS. The summed E-state index contributed by atoms with van der Waals surface area (Å²) in [6, 6.07) is 7.52. The van der Waals surface area contributed by atoms with Crippen LogP contribution in [-0.4, -0.2) is 25.7 Å². The summed E-state index contributed by atoms with van der Waals surface area (Å²) in [4.78, 5) is 12.7. The summed E-state index contributed by atoms with van der Waals surface area (Å²) in [6.07, 6.45) is 0.975. The lowest BCUT2D eigenvalue weighted by atomic mass is 10.2. The van der Waals surface area contributed by atoms with Crippen molar-refractivity contribution in [1.29, 1.82) is 0 Å². The Balaban J connectivity index is 1.60. The van der Waals surface area contributed by atoms with Gasteiger partial charge in [0.1, 0.15) is 5.01 Å². The molecule has 108 valence electrons. The lowest BCUT2D eigenvalue weighted by Gasteiger charge is -2.04. The number of nitrogens with one attached hydrogen (secondary N) is 1. The van der Waals surface area contributed by atoms with Gasteiger partial charge in [0.15, 0.2) is 5.82 Å². The Morgan fingerprint density at radius 1 is 1.43 bits per heavy atom. The summed E-state index contributed by atoms with van der Waals surface area (Å²) in [5, 5.41) is 16.1. The van der Waals surface area contributed by atoms with Crippen LogP contribution in [0.5, 0.6) is 0 Å². The minimum Gasteiger partial charge on any atom is -0.326 e. The van der Waals surface area contributed by atoms with Crippen molar-refractivity contribution in [3.8, 4) is 0 Å². The van der Waals surface area contributed by atoms with Crippen LogP contribution in [0.3, 0.4) is 0 Å². The minimum atomic E-state index is -0.0317. The van der Waals surface area contributed by atoms with Crippen molar-refractivity contribution in [3.05, 3.63) is 39.6 Å². The van der Waals surface area contributed by atoms with E-state index in [1.807, 2.05) is 31.2 Å². The smallest absolute Gasteiger partial charge is 0.234 e. The fraction of sp³-hybridized carbons (Fsp3) is 0.231. The van der Waals surface area contributed by atoms with Crippen LogP contribution in [0.15, 0.2) is 28.7 Å². The Hall–Kier alpha value is -1.80. The van der Waals surface area contributed by atoms with Gasteiger partial charge in [0.25, 0.3) is 0 Å². The standard InChI is InChI=1S/C13H12BrN5OS/c1-8-16-17-13-19(8)18-12(21-13)6-5-11(20)15-10-4-2-3-9(14)7-10/h2-4,7H,5-6H2,1H3,(H,15,20). The molecule has 21 heavy (non-hydrogen) atoms. The van der Waals surface area contributed by atoms with Crippen LogP contribution in [0.2, 0.25) is 0 Å². The van der Waals surface area contributed by atoms with Gasteiger partial charge in [-0.1, -0.05) is 33.3 Å². The van der Waals surface area contributed by atoms with Crippen molar-refractivity contribution in [1.82, 2.24) is 19.8 Å². The lowest BCUT2D eigenvalue weighted by Crippen LogP contribution is -2.12. The van der Waals surface area contributed by atoms with E-state index in [0.717, 1.165) is 26.0 Å². The first-order valence-electron chi connectivity index (χ1n) is 6.35. The predicted octanol–water partition coefficient (Wildman–Crippen LogP) is 2.83. The zero-order chi connectivity index (χ0) is 14.8. The van der Waals surface area contributed by atoms with E-state index in [1.165, 1.54) is 11.3 Å². The van der Waals surface area contributed by atoms with Crippen molar-refractivity contribution in [3.63, 3.8) is 0 Å². The fourth-order valence-electron chi connectivity index (χ4n) is 1.87. The van der Waals surface area contributed by atoms with E-state index in [1.54, 1.807) is 4.52 Å². The van der Waals surface area contributed by atoms with E-state index in [-0.39, 0.29) is 5.91 Å². The molecule has 0 aliphatic heterocycles. The van der Waals surface area contributed by atoms with Crippen molar-refractivity contribution in [2.24, 2.45) is 0 Å². The molecule has 0 bridgehead atoms. The first kappa shape index (κ1) is 14.2. The summed E-state index contributed by atoms with van der Waals surface area (Å²) in [5.41, 5.74) is 0.781. The van der Waals surface area contributed by atoms with Gasteiger partial charge in [-0.15, -0.1) is 10.2 Å². The SMILES string of the molecule is Cc1nnc2sc(CCC(=O)Nc3cccc(Br)c3)nn12. The first-order valence-corrected chi connectivity index (χ1v) is 7.96. The molecule has 2 aromatic heterocycles. The van der Waals surface area contributed by atoms with Crippen LogP contribution < -0.4 is 5.32 Å². The fourth-order valence-corrected chi connectivity index (χ4v) is 3.14. The third kappa shape index (κ3) is 3.27. The van der Waals surface area contributed by atoms with Crippen LogP contribution in [0, 0.1) is 6.92 Å². The van der Waals surface area contributed by atoms with E-state index >= 15 is 0 Å². The number of aromatic nitrogens is 4. The van der Waals surface area contributed by atoms with Crippen molar-refractivity contribution in [2.75, 3.05) is 5.32 Å². The summed E-state index contributed by atoms with van der Waals surface area (Å²) < 4.78 is 2.64. The average molecular weight is 366 g/mol. The van der Waals surface area contributed by atoms with Gasteiger partial charge in [0, 0.05) is 23.0 Å². The molecule has 1 N–H and O–H groups in total. The van der Waals surface area contributed by atoms with Crippen LogP contribution in [-0.2, 0) is 11.2 Å². The summed E-state index contributed by atoms with van der Waals surface area (Å²) in [6.45, 7) is 1.85. The number of carbonyl (C=O) groups excluding carboxylic acids is 1. The average Bonchev–Trinajstić information content (AvgIpc) is 2.99. The molecule has 3 aromatic rings. The number of amides is 1. The maximum absolute atomic E-state index is 11.9. The maximum Gasteiger partial charge on any atom is 0.234 e. The topological polar surface area (TPSA) is 72.2 Å². The molecule has 0 spiro atoms. The normalized spacial score (nSPS) is 11.0. The summed E-state index contributed by atoms with van der Waals surface area (Å²) in [5.74, 6) is 0.724. The van der Waals surface area contributed by atoms with E-state index < -0.39 is 0 Å². The van der Waals surface area contributed by atoms with Crippen LogP contribution in [0.4, 0.5) is 5.69 Å². The zero-order valence-electron chi connectivity index (χ0n) is 11.2. The largest absolute Gasteiger partial charge is 0.326 e. The highest BCUT2D eigenvalue weighted by Gasteiger charge is 2.10. The van der Waals surface area contributed by atoms with Gasteiger partial charge in [0.05, 0.1) is 0 Å². The van der Waals surface area contributed by atoms with Crippen LogP contribution in [0.1, 0.15) is 17.3 Å². The number of fused-ring (bicyclic) bond motifs is 1. The maximum atomic E-state index is 11.9. The molecule has 0 fully saturated rings. The molecule has 1 amide bonds. The highest BCUT2D eigenvalue weighted by Crippen LogP contribution is 2.17. The Morgan fingerprint density at radius 2 is 2.29 bits per heavy atom. The number of anilines is 1. The number of nitrogens with zero attached hydrogens (tertiary/aromatic N) is 4. The number of rotatable bonds is 4. The number of halogens is 1. The third-order valence-corrected chi connectivity index (χ3v) is 4.31. The zero-order valence-corrected chi connectivity index (χ0v) is 13.6. The second kappa shape index (κ2) is 5.90. The third-order valence-electron chi connectivity index (χ3n) is 2.86. The lowest BCUT2D eigenvalue weighted by molar-refractivity contribution is -0.116. The van der Waals surface area contributed by atoms with Crippen molar-refractivity contribution in [2.45, 2.75) is 19.8 Å². The Kier molecular flexibility index (Phi) is 3.98.